The van der Waals surface area contributed by atoms with Crippen LogP contribution in [0.15, 0.2) is 43.0 Å². The van der Waals surface area contributed by atoms with Crippen LogP contribution < -0.4 is 0 Å². The van der Waals surface area contributed by atoms with Crippen molar-refractivity contribution in [1.82, 2.24) is 34.0 Å². The van der Waals surface area contributed by atoms with Crippen LogP contribution in [0.5, 0.6) is 0 Å². The molecule has 29 heavy (non-hydrogen) atoms. The second kappa shape index (κ2) is 6.64. The van der Waals surface area contributed by atoms with E-state index < -0.39 is 0 Å². The third-order valence-corrected chi connectivity index (χ3v) is 6.06. The Bertz CT molecular complexity index is 1190. The molecule has 0 bridgehead atoms. The minimum absolute atomic E-state index is 0.599. The molecule has 0 amide bonds. The second-order valence-corrected chi connectivity index (χ2v) is 8.28. The van der Waals surface area contributed by atoms with Gasteiger partial charge in [0.2, 0.25) is 0 Å². The summed E-state index contributed by atoms with van der Waals surface area (Å²) in [7, 11) is 0. The summed E-state index contributed by atoms with van der Waals surface area (Å²) in [5, 5.41) is 5.02. The highest BCUT2D eigenvalue weighted by atomic mass is 35.5. The lowest BCUT2D eigenvalue weighted by atomic mass is 10.1. The van der Waals surface area contributed by atoms with E-state index in [1.54, 1.807) is 6.33 Å². The number of imidazole rings is 1. The van der Waals surface area contributed by atoms with E-state index >= 15 is 0 Å². The Morgan fingerprint density at radius 1 is 1.07 bits per heavy atom. The van der Waals surface area contributed by atoms with Gasteiger partial charge in [-0.2, -0.15) is 5.10 Å². The number of fused-ring (bicyclic) bond motifs is 2. The molecule has 1 aliphatic heterocycles. The van der Waals surface area contributed by atoms with E-state index in [2.05, 4.69) is 30.6 Å². The molecule has 1 saturated carbocycles. The molecule has 4 heterocycles. The Morgan fingerprint density at radius 3 is 2.76 bits per heavy atom. The molecule has 6 rings (SSSR count). The SMILES string of the molecule is Clc1ccc(-c2nc3cnc(C4CC4)cn3c2CN2CCn3ncnc3C2)cc1. The van der Waals surface area contributed by atoms with Gasteiger partial charge in [0.25, 0.3) is 0 Å². The van der Waals surface area contributed by atoms with Crippen molar-refractivity contribution in [2.75, 3.05) is 6.54 Å². The van der Waals surface area contributed by atoms with E-state index in [1.807, 2.05) is 35.1 Å². The number of benzene rings is 1. The molecule has 4 aromatic rings. The Labute approximate surface area is 173 Å². The predicted molar refractivity (Wildman–Crippen MR) is 110 cm³/mol. The monoisotopic (exact) mass is 405 g/mol. The third kappa shape index (κ3) is 3.10. The number of aromatic nitrogens is 6. The molecular formula is C21H20ClN7. The van der Waals surface area contributed by atoms with Crippen LogP contribution in [0.3, 0.4) is 0 Å². The Morgan fingerprint density at radius 2 is 1.93 bits per heavy atom. The standard InChI is InChI=1S/C21H20ClN7/c22-16-5-3-15(4-6-16)21-18(11-27-7-8-29-20(12-27)24-13-25-29)28-10-17(14-1-2-14)23-9-19(28)26-21/h3-6,9-10,13-14H,1-2,7-8,11-12H2. The quantitative estimate of drug-likeness (QED) is 0.519. The van der Waals surface area contributed by atoms with Crippen LogP contribution in [0.25, 0.3) is 16.9 Å². The number of hydrogen-bond donors (Lipinski definition) is 0. The molecule has 2 aliphatic rings. The topological polar surface area (TPSA) is 64.1 Å². The van der Waals surface area contributed by atoms with Crippen LogP contribution in [0.4, 0.5) is 0 Å². The molecule has 3 aromatic heterocycles. The van der Waals surface area contributed by atoms with Crippen LogP contribution in [-0.4, -0.2) is 40.6 Å². The summed E-state index contributed by atoms with van der Waals surface area (Å²) in [6.45, 7) is 3.37. The van der Waals surface area contributed by atoms with Crippen molar-refractivity contribution in [3.8, 4) is 11.3 Å². The normalized spacial score (nSPS) is 17.0. The number of nitrogens with zero attached hydrogens (tertiary/aromatic N) is 7. The van der Waals surface area contributed by atoms with Gasteiger partial charge in [0.1, 0.15) is 12.2 Å². The molecule has 8 heteroatoms. The second-order valence-electron chi connectivity index (χ2n) is 7.84. The molecule has 0 saturated heterocycles. The van der Waals surface area contributed by atoms with Crippen LogP contribution in [-0.2, 0) is 19.6 Å². The van der Waals surface area contributed by atoms with E-state index in [-0.39, 0.29) is 0 Å². The zero-order valence-electron chi connectivity index (χ0n) is 15.9. The van der Waals surface area contributed by atoms with Crippen molar-refractivity contribution in [1.29, 1.82) is 0 Å². The van der Waals surface area contributed by atoms with Gasteiger partial charge in [-0.15, -0.1) is 0 Å². The minimum atomic E-state index is 0.599. The highest BCUT2D eigenvalue weighted by Crippen LogP contribution is 2.39. The first kappa shape index (κ1) is 17.1. The summed E-state index contributed by atoms with van der Waals surface area (Å²) >= 11 is 6.11. The third-order valence-electron chi connectivity index (χ3n) is 5.80. The van der Waals surface area contributed by atoms with E-state index in [1.165, 1.54) is 18.5 Å². The predicted octanol–water partition coefficient (Wildman–Crippen LogP) is 3.53. The molecule has 1 aromatic carbocycles. The van der Waals surface area contributed by atoms with E-state index in [0.717, 1.165) is 59.6 Å². The average molecular weight is 406 g/mol. The fourth-order valence-electron chi connectivity index (χ4n) is 4.06. The van der Waals surface area contributed by atoms with Gasteiger partial charge < -0.3 is 0 Å². The van der Waals surface area contributed by atoms with Crippen LogP contribution in [0.2, 0.25) is 5.02 Å². The first-order chi connectivity index (χ1) is 14.2. The summed E-state index contributed by atoms with van der Waals surface area (Å²) in [4.78, 5) is 16.4. The molecule has 0 N–H and O–H groups in total. The van der Waals surface area contributed by atoms with Crippen molar-refractivity contribution in [3.63, 3.8) is 0 Å². The Balaban J connectivity index is 1.44. The lowest BCUT2D eigenvalue weighted by Crippen LogP contribution is -2.34. The van der Waals surface area contributed by atoms with Gasteiger partial charge in [0.15, 0.2) is 5.65 Å². The smallest absolute Gasteiger partial charge is 0.156 e. The first-order valence-electron chi connectivity index (χ1n) is 9.96. The van der Waals surface area contributed by atoms with Gasteiger partial charge in [-0.25, -0.2) is 14.6 Å². The van der Waals surface area contributed by atoms with E-state index in [9.17, 15) is 0 Å². The zero-order chi connectivity index (χ0) is 19.4. The van der Waals surface area contributed by atoms with Crippen molar-refractivity contribution in [3.05, 3.63) is 65.2 Å². The number of rotatable bonds is 4. The van der Waals surface area contributed by atoms with Crippen molar-refractivity contribution in [2.24, 2.45) is 0 Å². The zero-order valence-corrected chi connectivity index (χ0v) is 16.6. The van der Waals surface area contributed by atoms with Gasteiger partial charge >= 0.3 is 0 Å². The molecule has 7 nitrogen and oxygen atoms in total. The summed E-state index contributed by atoms with van der Waals surface area (Å²) in [6, 6.07) is 7.91. The lowest BCUT2D eigenvalue weighted by molar-refractivity contribution is 0.199. The van der Waals surface area contributed by atoms with Gasteiger partial charge in [-0.3, -0.25) is 14.3 Å². The van der Waals surface area contributed by atoms with Crippen molar-refractivity contribution in [2.45, 2.75) is 38.4 Å². The molecule has 1 fully saturated rings. The van der Waals surface area contributed by atoms with Crippen LogP contribution in [0.1, 0.15) is 36.0 Å². The van der Waals surface area contributed by atoms with Gasteiger partial charge in [-0.05, 0) is 25.0 Å². The van der Waals surface area contributed by atoms with Gasteiger partial charge in [0.05, 0.1) is 36.4 Å². The molecule has 0 radical (unpaired) electrons. The highest BCUT2D eigenvalue weighted by Gasteiger charge is 2.27. The van der Waals surface area contributed by atoms with Gasteiger partial charge in [-0.1, -0.05) is 23.7 Å². The lowest BCUT2D eigenvalue weighted by Gasteiger charge is -2.26. The van der Waals surface area contributed by atoms with Crippen molar-refractivity contribution >= 4 is 17.2 Å². The maximum absolute atomic E-state index is 6.11. The highest BCUT2D eigenvalue weighted by molar-refractivity contribution is 6.30. The van der Waals surface area contributed by atoms with Crippen LogP contribution in [0, 0.1) is 0 Å². The summed E-state index contributed by atoms with van der Waals surface area (Å²) in [6.07, 6.45) is 8.19. The molecule has 146 valence electrons. The molecule has 0 spiro atoms. The summed E-state index contributed by atoms with van der Waals surface area (Å²) in [5.74, 6) is 1.61. The van der Waals surface area contributed by atoms with Crippen molar-refractivity contribution < 1.29 is 0 Å². The Kier molecular flexibility index (Phi) is 3.92. The maximum Gasteiger partial charge on any atom is 0.156 e. The largest absolute Gasteiger partial charge is 0.299 e. The summed E-state index contributed by atoms with van der Waals surface area (Å²) in [5.41, 5.74) is 5.29. The average Bonchev–Trinajstić information content (AvgIpc) is 3.39. The molecule has 0 atom stereocenters. The fraction of sp³-hybridized carbons (Fsp3) is 0.333. The molecule has 0 unspecified atom stereocenters. The maximum atomic E-state index is 6.11. The van der Waals surface area contributed by atoms with Gasteiger partial charge in [0, 0.05) is 35.8 Å². The molecule has 1 aliphatic carbocycles. The Hall–Kier alpha value is -2.77. The first-order valence-corrected chi connectivity index (χ1v) is 10.3. The van der Waals surface area contributed by atoms with E-state index in [0.29, 0.717) is 5.92 Å². The van der Waals surface area contributed by atoms with Crippen LogP contribution >= 0.6 is 11.6 Å². The number of hydrogen-bond acceptors (Lipinski definition) is 5. The molecular weight excluding hydrogens is 386 g/mol. The van der Waals surface area contributed by atoms with E-state index in [4.69, 9.17) is 16.6 Å². The minimum Gasteiger partial charge on any atom is -0.299 e. The number of halogens is 1. The fourth-order valence-corrected chi connectivity index (χ4v) is 4.18. The summed E-state index contributed by atoms with van der Waals surface area (Å²) < 4.78 is 4.21.